The molecule has 10 heteroatoms. The average Bonchev–Trinajstić information content (AvgIpc) is 3.97. The summed E-state index contributed by atoms with van der Waals surface area (Å²) in [6.45, 7) is 1.38. The Labute approximate surface area is 318 Å². The molecule has 4 fully saturated rings. The molecule has 0 unspecified atom stereocenters. The van der Waals surface area contributed by atoms with Crippen LogP contribution in [0, 0.1) is 126 Å². The van der Waals surface area contributed by atoms with Gasteiger partial charge in [0.2, 0.25) is 0 Å². The van der Waals surface area contributed by atoms with Crippen LogP contribution in [-0.2, 0) is 56.8 Å². The topological polar surface area (TPSA) is 95.6 Å². The fourth-order valence-corrected chi connectivity index (χ4v) is 5.02. The van der Waals surface area contributed by atoms with Crippen LogP contribution in [-0.4, -0.2) is 42.6 Å². The van der Waals surface area contributed by atoms with Gasteiger partial charge in [0.05, 0.1) is 24.5 Å². The fourth-order valence-electron chi connectivity index (χ4n) is 5.02. The van der Waals surface area contributed by atoms with Gasteiger partial charge in [0.25, 0.3) is 0 Å². The normalized spacial score (nSPS) is 18.0. The first-order chi connectivity index (χ1) is 23.7. The predicted octanol–water partition coefficient (Wildman–Crippen LogP) is 5.32. The number of hydrogen-bond donors (Lipinski definition) is 0. The van der Waals surface area contributed by atoms with Crippen molar-refractivity contribution in [2.45, 2.75) is 13.1 Å². The van der Waals surface area contributed by atoms with Crippen molar-refractivity contribution in [2.75, 3.05) is 0 Å². The van der Waals surface area contributed by atoms with Crippen LogP contribution in [0.5, 0.6) is 0 Å². The Morgan fingerprint density at radius 2 is 0.780 bits per heavy atom. The molecule has 2 aromatic carbocycles. The zero-order chi connectivity index (χ0) is 33.0. The molecule has 4 aliphatic carbocycles. The first kappa shape index (κ1) is 39.9. The number of hydrogen-bond acceptors (Lipinski definition) is 6. The van der Waals surface area contributed by atoms with Crippen LogP contribution in [0.15, 0.2) is 60.9 Å². The van der Waals surface area contributed by atoms with Crippen molar-refractivity contribution in [3.8, 4) is 11.1 Å². The molecule has 8 rings (SSSR count). The van der Waals surface area contributed by atoms with Crippen LogP contribution in [0.4, 0.5) is 0 Å². The first-order valence-corrected chi connectivity index (χ1v) is 15.4. The number of rotatable bonds is 9. The van der Waals surface area contributed by atoms with Crippen molar-refractivity contribution in [3.05, 3.63) is 210 Å². The van der Waals surface area contributed by atoms with Gasteiger partial charge in [-0.1, -0.05) is 59.0 Å². The maximum atomic E-state index is 9.87. The Morgan fingerprint density at radius 1 is 0.460 bits per heavy atom. The van der Waals surface area contributed by atoms with E-state index in [0.717, 1.165) is 47.6 Å². The Bertz CT molecular complexity index is 1430. The zero-order valence-corrected chi connectivity index (χ0v) is 29.0. The van der Waals surface area contributed by atoms with E-state index < -0.39 is 0 Å². The molecular weight excluding hydrogens is 708 g/mol. The molecule has 4 aromatic rings. The van der Waals surface area contributed by atoms with E-state index in [2.05, 4.69) is 69.2 Å². The summed E-state index contributed by atoms with van der Waals surface area (Å²) in [4.78, 5) is 19.7. The number of carbonyl (C=O) groups is 2. The van der Waals surface area contributed by atoms with E-state index in [4.69, 9.17) is 0 Å². The minimum absolute atomic E-state index is 0. The van der Waals surface area contributed by atoms with E-state index in [0.29, 0.717) is 13.1 Å². The van der Waals surface area contributed by atoms with Crippen molar-refractivity contribution < 1.29 is 43.7 Å². The van der Waals surface area contributed by atoms with Gasteiger partial charge in [0.15, 0.2) is 0 Å². The third-order valence-corrected chi connectivity index (χ3v) is 7.57. The van der Waals surface area contributed by atoms with Crippen molar-refractivity contribution >= 4 is 12.6 Å². The summed E-state index contributed by atoms with van der Waals surface area (Å²) in [6.07, 6.45) is 36.3. The fraction of sp³-hybridized carbons (Fsp3) is 0.0500. The van der Waals surface area contributed by atoms with Crippen LogP contribution < -0.4 is 0 Å². The summed E-state index contributed by atoms with van der Waals surface area (Å²) in [5, 5.41) is 17.1. The average molecular weight is 740 g/mol. The largest absolute Gasteiger partial charge is 2.00 e. The smallest absolute Gasteiger partial charge is 0.303 e. The van der Waals surface area contributed by atoms with Gasteiger partial charge in [0.1, 0.15) is 12.6 Å². The SMILES string of the molecule is O=C[C]1[CH][CH][CH][CH]1.O=C[C]1[CH][CH][CH][CH]1.[CH]1[CH][CH][C](c2cn(Cc3ccc(-c4ccc(Cn5cc([C]6[CH][CH][CH][CH]6)nn5)cc4)cc3)nn2)[CH]1.[Fe+2].[Fe+2]. The van der Waals surface area contributed by atoms with Gasteiger partial charge in [0, 0.05) is 36.1 Å². The molecule has 0 atom stereocenters. The Balaban J connectivity index is 0.000000293. The molecule has 20 radical (unpaired) electrons. The van der Waals surface area contributed by atoms with E-state index >= 15 is 0 Å². The second kappa shape index (κ2) is 20.8. The minimum atomic E-state index is 0. The summed E-state index contributed by atoms with van der Waals surface area (Å²) in [7, 11) is 0. The predicted molar refractivity (Wildman–Crippen MR) is 182 cm³/mol. The number of benzene rings is 2. The first-order valence-electron chi connectivity index (χ1n) is 15.4. The third kappa shape index (κ3) is 11.6. The Hall–Kier alpha value is -2.90. The Kier molecular flexibility index (Phi) is 16.6. The molecule has 4 saturated carbocycles. The second-order valence-electron chi connectivity index (χ2n) is 11.0. The van der Waals surface area contributed by atoms with Gasteiger partial charge in [-0.3, -0.25) is 0 Å². The van der Waals surface area contributed by atoms with Gasteiger partial charge in [-0.25, -0.2) is 9.36 Å². The van der Waals surface area contributed by atoms with Crippen molar-refractivity contribution in [2.24, 2.45) is 0 Å². The third-order valence-electron chi connectivity index (χ3n) is 7.57. The summed E-state index contributed by atoms with van der Waals surface area (Å²) < 4.78 is 3.75. The molecule has 0 amide bonds. The molecule has 0 N–H and O–H groups in total. The number of aldehydes is 2. The molecule has 0 spiro atoms. The quantitative estimate of drug-likeness (QED) is 0.171. The van der Waals surface area contributed by atoms with Gasteiger partial charge in [-0.15, -0.1) is 10.2 Å². The van der Waals surface area contributed by atoms with Crippen molar-refractivity contribution in [1.29, 1.82) is 0 Å². The maximum Gasteiger partial charge on any atom is 2.00 e. The summed E-state index contributed by atoms with van der Waals surface area (Å²) >= 11 is 0. The number of carbonyl (C=O) groups excluding carboxylic acids is 2. The molecular formula is C40H32Fe2N6O2+4. The van der Waals surface area contributed by atoms with Gasteiger partial charge in [-0.05, 0) is 125 Å². The van der Waals surface area contributed by atoms with Crippen molar-refractivity contribution in [1.82, 2.24) is 30.0 Å². The van der Waals surface area contributed by atoms with E-state index in [1.165, 1.54) is 22.3 Å². The van der Waals surface area contributed by atoms with Crippen LogP contribution in [0.25, 0.3) is 11.1 Å². The van der Waals surface area contributed by atoms with Crippen LogP contribution in [0.1, 0.15) is 22.5 Å². The number of aromatic nitrogens is 6. The van der Waals surface area contributed by atoms with Crippen LogP contribution in [0.3, 0.4) is 0 Å². The molecule has 50 heavy (non-hydrogen) atoms. The molecule has 2 aromatic heterocycles. The molecule has 4 aliphatic rings. The molecule has 0 aliphatic heterocycles. The van der Waals surface area contributed by atoms with Crippen LogP contribution in [0.2, 0.25) is 0 Å². The molecule has 0 saturated heterocycles. The summed E-state index contributed by atoms with van der Waals surface area (Å²) in [5.74, 6) is 3.69. The van der Waals surface area contributed by atoms with E-state index in [1.807, 2.05) is 98.8 Å². The minimum Gasteiger partial charge on any atom is -0.303 e. The maximum absolute atomic E-state index is 9.87. The van der Waals surface area contributed by atoms with Gasteiger partial charge in [-0.2, -0.15) is 0 Å². The van der Waals surface area contributed by atoms with Gasteiger partial charge >= 0.3 is 34.1 Å². The van der Waals surface area contributed by atoms with Gasteiger partial charge < -0.3 is 9.59 Å². The second-order valence-corrected chi connectivity index (χ2v) is 11.0. The summed E-state index contributed by atoms with van der Waals surface area (Å²) in [6, 6.07) is 17.2. The molecule has 2 heterocycles. The zero-order valence-electron chi connectivity index (χ0n) is 26.8. The number of nitrogens with zero attached hydrogens (tertiary/aromatic N) is 6. The molecule has 0 bridgehead atoms. The Morgan fingerprint density at radius 3 is 1.08 bits per heavy atom. The summed E-state index contributed by atoms with van der Waals surface area (Å²) in [5.41, 5.74) is 6.54. The molecule has 246 valence electrons. The molecule has 8 nitrogen and oxygen atoms in total. The van der Waals surface area contributed by atoms with E-state index in [-0.39, 0.29) is 34.1 Å². The van der Waals surface area contributed by atoms with Crippen LogP contribution >= 0.6 is 0 Å². The standard InChI is InChI=1S/C28H22N6.2C6H5O.2Fe/c1-2-6-25(5-1)27-19-33(31-29-27)17-21-9-13-23(14-10-21)24-15-11-22(12-16-24)18-34-20-28(30-32-34)26-7-3-4-8-26;2*7-5-6-3-1-2-4-6;;/h1-16,19-20H,17-18H2;2*1-5H;;/q;;;2*+2. The van der Waals surface area contributed by atoms with E-state index in [1.54, 1.807) is 25.7 Å². The van der Waals surface area contributed by atoms with E-state index in [9.17, 15) is 9.59 Å². The monoisotopic (exact) mass is 740 g/mol. The van der Waals surface area contributed by atoms with Crippen molar-refractivity contribution in [3.63, 3.8) is 0 Å².